The summed E-state index contributed by atoms with van der Waals surface area (Å²) in [7, 11) is 3.18. The first-order valence-corrected chi connectivity index (χ1v) is 6.03. The molecule has 0 aromatic rings. The molecule has 0 saturated heterocycles. The Balaban J connectivity index is 2.50. The van der Waals surface area contributed by atoms with E-state index in [0.29, 0.717) is 5.92 Å². The van der Waals surface area contributed by atoms with E-state index in [1.807, 2.05) is 13.8 Å². The van der Waals surface area contributed by atoms with E-state index in [2.05, 4.69) is 5.32 Å². The number of methoxy groups -OCH3 is 1. The van der Waals surface area contributed by atoms with Gasteiger partial charge in [-0.15, -0.1) is 0 Å². The molecule has 1 amide bonds. The van der Waals surface area contributed by atoms with Gasteiger partial charge in [0.05, 0.1) is 13.7 Å². The molecule has 5 nitrogen and oxygen atoms in total. The summed E-state index contributed by atoms with van der Waals surface area (Å²) in [6.45, 7) is 4.06. The quantitative estimate of drug-likeness (QED) is 0.685. The highest BCUT2D eigenvalue weighted by molar-refractivity contribution is 5.81. The van der Waals surface area contributed by atoms with E-state index in [1.54, 1.807) is 11.9 Å². The first kappa shape index (κ1) is 14.0. The monoisotopic (exact) mass is 242 g/mol. The van der Waals surface area contributed by atoms with Gasteiger partial charge in [-0.1, -0.05) is 0 Å². The summed E-state index contributed by atoms with van der Waals surface area (Å²) < 4.78 is 4.79. The molecule has 0 aromatic heterocycles. The number of nitrogens with zero attached hydrogens (tertiary/aromatic N) is 1. The van der Waals surface area contributed by atoms with Crippen molar-refractivity contribution in [2.75, 3.05) is 20.7 Å². The summed E-state index contributed by atoms with van der Waals surface area (Å²) in [5.74, 6) is 0.0451. The summed E-state index contributed by atoms with van der Waals surface area (Å²) in [5.41, 5.74) is 0. The van der Waals surface area contributed by atoms with Crippen LogP contribution in [0.4, 0.5) is 0 Å². The zero-order valence-electron chi connectivity index (χ0n) is 11.0. The van der Waals surface area contributed by atoms with Crippen LogP contribution in [-0.4, -0.2) is 49.6 Å². The Bertz CT molecular complexity index is 287. The molecule has 1 aliphatic rings. The van der Waals surface area contributed by atoms with Gasteiger partial charge in [-0.2, -0.15) is 0 Å². The minimum atomic E-state index is -0.280. The average Bonchev–Trinajstić information content (AvgIpc) is 3.00. The number of hydrogen-bond acceptors (Lipinski definition) is 4. The molecule has 1 rings (SSSR count). The average molecular weight is 242 g/mol. The molecular formula is C12H22N2O3. The lowest BCUT2D eigenvalue weighted by Gasteiger charge is -2.25. The molecule has 0 radical (unpaired) electrons. The Hall–Kier alpha value is -1.10. The van der Waals surface area contributed by atoms with Crippen molar-refractivity contribution in [2.45, 2.75) is 38.8 Å². The lowest BCUT2D eigenvalue weighted by molar-refractivity contribution is -0.147. The maximum absolute atomic E-state index is 11.6. The van der Waals surface area contributed by atoms with Crippen molar-refractivity contribution in [2.24, 2.45) is 5.92 Å². The summed E-state index contributed by atoms with van der Waals surface area (Å²) in [6, 6.07) is -0.161. The Morgan fingerprint density at radius 2 is 2.00 bits per heavy atom. The highest BCUT2D eigenvalue weighted by Crippen LogP contribution is 2.35. The SMILES string of the molecule is COC(=O)C(C1CC1)N(C)CC(=O)NC(C)C. The smallest absolute Gasteiger partial charge is 0.323 e. The predicted molar refractivity (Wildman–Crippen MR) is 64.4 cm³/mol. The van der Waals surface area contributed by atoms with Crippen molar-refractivity contribution < 1.29 is 14.3 Å². The number of rotatable bonds is 6. The molecule has 0 heterocycles. The molecule has 1 atom stereocenters. The van der Waals surface area contributed by atoms with Crippen LogP contribution < -0.4 is 5.32 Å². The molecule has 0 spiro atoms. The van der Waals surface area contributed by atoms with E-state index >= 15 is 0 Å². The number of esters is 1. The predicted octanol–water partition coefficient (Wildman–Crippen LogP) is 0.394. The highest BCUT2D eigenvalue weighted by Gasteiger charge is 2.40. The fourth-order valence-corrected chi connectivity index (χ4v) is 1.96. The second-order valence-corrected chi connectivity index (χ2v) is 4.94. The molecule has 1 aliphatic carbocycles. The van der Waals surface area contributed by atoms with Gasteiger partial charge >= 0.3 is 5.97 Å². The van der Waals surface area contributed by atoms with Crippen LogP contribution >= 0.6 is 0 Å². The van der Waals surface area contributed by atoms with Crippen LogP contribution in [0.5, 0.6) is 0 Å². The van der Waals surface area contributed by atoms with Gasteiger partial charge in [0, 0.05) is 6.04 Å². The van der Waals surface area contributed by atoms with E-state index in [9.17, 15) is 9.59 Å². The fraction of sp³-hybridized carbons (Fsp3) is 0.833. The number of amides is 1. The second-order valence-electron chi connectivity index (χ2n) is 4.94. The minimum absolute atomic E-state index is 0.0583. The first-order valence-electron chi connectivity index (χ1n) is 6.03. The van der Waals surface area contributed by atoms with Gasteiger partial charge in [-0.25, -0.2) is 0 Å². The highest BCUT2D eigenvalue weighted by atomic mass is 16.5. The van der Waals surface area contributed by atoms with Gasteiger partial charge in [-0.05, 0) is 39.7 Å². The van der Waals surface area contributed by atoms with Crippen LogP contribution in [0.2, 0.25) is 0 Å². The first-order chi connectivity index (χ1) is 7.95. The summed E-state index contributed by atoms with van der Waals surface area (Å²) >= 11 is 0. The summed E-state index contributed by atoms with van der Waals surface area (Å²) in [5, 5.41) is 2.81. The molecule has 1 saturated carbocycles. The van der Waals surface area contributed by atoms with E-state index in [4.69, 9.17) is 4.74 Å². The summed E-state index contributed by atoms with van der Waals surface area (Å²) in [6.07, 6.45) is 2.08. The summed E-state index contributed by atoms with van der Waals surface area (Å²) in [4.78, 5) is 25.0. The number of ether oxygens (including phenoxy) is 1. The van der Waals surface area contributed by atoms with Crippen LogP contribution in [0, 0.1) is 5.92 Å². The standard InChI is InChI=1S/C12H22N2O3/c1-8(2)13-10(15)7-14(3)11(9-5-6-9)12(16)17-4/h8-9,11H,5-7H2,1-4H3,(H,13,15). The van der Waals surface area contributed by atoms with Gasteiger partial charge in [0.1, 0.15) is 6.04 Å². The van der Waals surface area contributed by atoms with Crippen LogP contribution in [0.1, 0.15) is 26.7 Å². The lowest BCUT2D eigenvalue weighted by Crippen LogP contribution is -2.47. The molecule has 98 valence electrons. The molecule has 1 fully saturated rings. The van der Waals surface area contributed by atoms with Gasteiger partial charge in [0.2, 0.25) is 5.91 Å². The van der Waals surface area contributed by atoms with Gasteiger partial charge in [-0.3, -0.25) is 14.5 Å². The molecule has 0 bridgehead atoms. The Morgan fingerprint density at radius 3 is 2.41 bits per heavy atom. The van der Waals surface area contributed by atoms with Crippen molar-refractivity contribution in [1.82, 2.24) is 10.2 Å². The molecule has 17 heavy (non-hydrogen) atoms. The Morgan fingerprint density at radius 1 is 1.41 bits per heavy atom. The normalized spacial score (nSPS) is 17.1. The zero-order valence-corrected chi connectivity index (χ0v) is 11.0. The van der Waals surface area contributed by atoms with Gasteiger partial charge < -0.3 is 10.1 Å². The van der Waals surface area contributed by atoms with Crippen LogP contribution in [0.3, 0.4) is 0 Å². The minimum Gasteiger partial charge on any atom is -0.468 e. The second kappa shape index (κ2) is 6.00. The molecule has 0 aliphatic heterocycles. The van der Waals surface area contributed by atoms with Crippen LogP contribution in [-0.2, 0) is 14.3 Å². The largest absolute Gasteiger partial charge is 0.468 e. The van der Waals surface area contributed by atoms with E-state index in [1.165, 1.54) is 7.11 Å². The van der Waals surface area contributed by atoms with Crippen molar-refractivity contribution in [3.8, 4) is 0 Å². The Labute approximate surface area is 102 Å². The number of nitrogens with one attached hydrogen (secondary N) is 1. The number of hydrogen-bond donors (Lipinski definition) is 1. The fourth-order valence-electron chi connectivity index (χ4n) is 1.96. The van der Waals surface area contributed by atoms with Gasteiger partial charge in [0.25, 0.3) is 0 Å². The molecule has 1 N–H and O–H groups in total. The Kier molecular flexibility index (Phi) is 4.93. The maximum atomic E-state index is 11.6. The molecule has 1 unspecified atom stereocenters. The number of likely N-dealkylation sites (N-methyl/N-ethyl adjacent to an activating group) is 1. The zero-order chi connectivity index (χ0) is 13.0. The van der Waals surface area contributed by atoms with E-state index in [0.717, 1.165) is 12.8 Å². The van der Waals surface area contributed by atoms with Crippen molar-refractivity contribution in [3.05, 3.63) is 0 Å². The molecule has 0 aromatic carbocycles. The number of carbonyl (C=O) groups excluding carboxylic acids is 2. The third-order valence-corrected chi connectivity index (χ3v) is 2.83. The molecule has 5 heteroatoms. The third kappa shape index (κ3) is 4.34. The maximum Gasteiger partial charge on any atom is 0.323 e. The lowest BCUT2D eigenvalue weighted by atomic mass is 10.1. The van der Waals surface area contributed by atoms with Gasteiger partial charge in [0.15, 0.2) is 0 Å². The van der Waals surface area contributed by atoms with Crippen LogP contribution in [0.25, 0.3) is 0 Å². The van der Waals surface area contributed by atoms with E-state index < -0.39 is 0 Å². The molecular weight excluding hydrogens is 220 g/mol. The van der Waals surface area contributed by atoms with Crippen LogP contribution in [0.15, 0.2) is 0 Å². The number of carbonyl (C=O) groups is 2. The third-order valence-electron chi connectivity index (χ3n) is 2.83. The topological polar surface area (TPSA) is 58.6 Å². The van der Waals surface area contributed by atoms with Crippen molar-refractivity contribution in [1.29, 1.82) is 0 Å². The van der Waals surface area contributed by atoms with Crippen molar-refractivity contribution in [3.63, 3.8) is 0 Å². The van der Waals surface area contributed by atoms with Crippen molar-refractivity contribution >= 4 is 11.9 Å². The van der Waals surface area contributed by atoms with E-state index in [-0.39, 0.29) is 30.5 Å².